The third-order valence-corrected chi connectivity index (χ3v) is 8.61. The number of fused-ring (bicyclic) bond motifs is 3. The van der Waals surface area contributed by atoms with E-state index in [0.29, 0.717) is 6.61 Å². The summed E-state index contributed by atoms with van der Waals surface area (Å²) in [7, 11) is 0. The van der Waals surface area contributed by atoms with Crippen LogP contribution in [0.25, 0.3) is 11.1 Å². The quantitative estimate of drug-likeness (QED) is 0.0372. The van der Waals surface area contributed by atoms with Crippen molar-refractivity contribution in [2.45, 2.75) is 64.2 Å². The highest BCUT2D eigenvalue weighted by Gasteiger charge is 2.19. The van der Waals surface area contributed by atoms with Crippen molar-refractivity contribution in [1.82, 2.24) is 0 Å². The molecular weight excluding hydrogens is 612 g/mol. The maximum Gasteiger partial charge on any atom is 0.230 e. The molecule has 0 fully saturated rings. The monoisotopic (exact) mass is 662 g/mol. The molecule has 0 saturated carbocycles. The largest absolute Gasteiger partial charge is 0.502 e. The van der Waals surface area contributed by atoms with E-state index in [1.807, 2.05) is 30.3 Å². The Morgan fingerprint density at radius 3 is 1.49 bits per heavy atom. The first kappa shape index (κ1) is 35.5. The van der Waals surface area contributed by atoms with Gasteiger partial charge in [-0.1, -0.05) is 49.6 Å². The van der Waals surface area contributed by atoms with E-state index in [0.717, 1.165) is 107 Å². The van der Waals surface area contributed by atoms with Crippen molar-refractivity contribution >= 4 is 0 Å². The third-order valence-electron chi connectivity index (χ3n) is 8.61. The Balaban J connectivity index is 1.01. The van der Waals surface area contributed by atoms with Crippen molar-refractivity contribution in [1.29, 1.82) is 0 Å². The van der Waals surface area contributed by atoms with Crippen LogP contribution >= 0.6 is 0 Å². The van der Waals surface area contributed by atoms with Crippen LogP contribution in [0.5, 0.6) is 23.0 Å². The Hall–Kier alpha value is -4.84. The number of hydrogen-bond acceptors (Lipinski definition) is 6. The molecule has 258 valence electrons. The third kappa shape index (κ3) is 11.7. The minimum atomic E-state index is 0.141. The van der Waals surface area contributed by atoms with Crippen LogP contribution < -0.4 is 18.9 Å². The highest BCUT2D eigenvalue weighted by atomic mass is 16.7. The molecule has 0 N–H and O–H groups in total. The lowest BCUT2D eigenvalue weighted by Gasteiger charge is -2.11. The van der Waals surface area contributed by atoms with Gasteiger partial charge in [-0.3, -0.25) is 0 Å². The Morgan fingerprint density at radius 1 is 0.449 bits per heavy atom. The van der Waals surface area contributed by atoms with Gasteiger partial charge >= 0.3 is 0 Å². The van der Waals surface area contributed by atoms with E-state index in [1.54, 1.807) is 0 Å². The van der Waals surface area contributed by atoms with Crippen LogP contribution in [0.4, 0.5) is 0 Å². The average Bonchev–Trinajstić information content (AvgIpc) is 3.49. The van der Waals surface area contributed by atoms with E-state index in [9.17, 15) is 0 Å². The number of benzene rings is 4. The van der Waals surface area contributed by atoms with Crippen LogP contribution in [0.3, 0.4) is 0 Å². The van der Waals surface area contributed by atoms with Gasteiger partial charge < -0.3 is 28.4 Å². The summed E-state index contributed by atoms with van der Waals surface area (Å²) in [6.07, 6.45) is 13.5. The summed E-state index contributed by atoms with van der Waals surface area (Å²) in [5, 5.41) is 0. The topological polar surface area (TPSA) is 55.4 Å². The highest BCUT2D eigenvalue weighted by molar-refractivity contribution is 5.77. The van der Waals surface area contributed by atoms with Gasteiger partial charge in [-0.05, 0) is 146 Å². The molecule has 0 spiro atoms. The first-order valence-corrected chi connectivity index (χ1v) is 17.6. The maximum absolute atomic E-state index is 5.97. The predicted molar refractivity (Wildman–Crippen MR) is 197 cm³/mol. The minimum absolute atomic E-state index is 0.141. The second-order valence-electron chi connectivity index (χ2n) is 12.3. The summed E-state index contributed by atoms with van der Waals surface area (Å²) in [6.45, 7) is 10.2. The van der Waals surface area contributed by atoms with E-state index in [1.165, 1.54) is 45.9 Å². The molecule has 0 aromatic heterocycles. The molecule has 0 aliphatic heterocycles. The van der Waals surface area contributed by atoms with Gasteiger partial charge in [0.2, 0.25) is 6.79 Å². The molecule has 0 radical (unpaired) electrons. The molecule has 49 heavy (non-hydrogen) atoms. The second kappa shape index (κ2) is 19.9. The summed E-state index contributed by atoms with van der Waals surface area (Å²) >= 11 is 0. The minimum Gasteiger partial charge on any atom is -0.502 e. The van der Waals surface area contributed by atoms with Crippen molar-refractivity contribution < 1.29 is 28.4 Å². The highest BCUT2D eigenvalue weighted by Crippen LogP contribution is 2.39. The first-order chi connectivity index (χ1) is 24.2. The summed E-state index contributed by atoms with van der Waals surface area (Å²) in [5.74, 6) is 3.33. The molecule has 4 aromatic carbocycles. The fourth-order valence-corrected chi connectivity index (χ4v) is 6.01. The molecule has 0 bridgehead atoms. The van der Waals surface area contributed by atoms with Gasteiger partial charge in [0.25, 0.3) is 0 Å². The van der Waals surface area contributed by atoms with Gasteiger partial charge in [-0.25, -0.2) is 0 Å². The molecule has 4 aromatic rings. The van der Waals surface area contributed by atoms with Crippen molar-refractivity contribution in [2.24, 2.45) is 0 Å². The molecule has 0 amide bonds. The van der Waals surface area contributed by atoms with Crippen molar-refractivity contribution in [3.05, 3.63) is 133 Å². The smallest absolute Gasteiger partial charge is 0.230 e. The van der Waals surface area contributed by atoms with Crippen LogP contribution in [0, 0.1) is 0 Å². The standard InChI is InChI=1S/C43H50O6/c1-3-44-25-9-5-7-11-27-46-38-16-13-34(14-17-38)29-35-15-23-42-36(30-35)31-37-32-41(22-24-43(37)42)49-33-48-40-20-18-39(19-21-40)47-28-12-8-6-10-26-45-4-2/h3-4,13-24,30,32H,1-2,5-12,25-29,31,33H2. The molecule has 0 unspecified atom stereocenters. The molecule has 1 aliphatic rings. The zero-order valence-electron chi connectivity index (χ0n) is 28.7. The van der Waals surface area contributed by atoms with Gasteiger partial charge in [0.05, 0.1) is 39.0 Å². The number of hydrogen-bond donors (Lipinski definition) is 0. The van der Waals surface area contributed by atoms with E-state index in [-0.39, 0.29) is 6.79 Å². The van der Waals surface area contributed by atoms with Crippen molar-refractivity contribution in [2.75, 3.05) is 33.2 Å². The molecular formula is C43H50O6. The van der Waals surface area contributed by atoms with Gasteiger partial charge in [0, 0.05) is 0 Å². The molecule has 0 saturated heterocycles. The maximum atomic E-state index is 5.97. The van der Waals surface area contributed by atoms with Crippen molar-refractivity contribution in [3.63, 3.8) is 0 Å². The fourth-order valence-electron chi connectivity index (χ4n) is 6.01. The van der Waals surface area contributed by atoms with Crippen LogP contribution in [0.15, 0.2) is 111 Å². The average molecular weight is 663 g/mol. The molecule has 1 aliphatic carbocycles. The summed E-state index contributed by atoms with van der Waals surface area (Å²) < 4.78 is 33.9. The zero-order chi connectivity index (χ0) is 33.9. The van der Waals surface area contributed by atoms with Gasteiger partial charge in [0.15, 0.2) is 0 Å². The van der Waals surface area contributed by atoms with E-state index in [4.69, 9.17) is 28.4 Å². The molecule has 6 heteroatoms. The molecule has 0 heterocycles. The molecule has 6 nitrogen and oxygen atoms in total. The molecule has 0 atom stereocenters. The lowest BCUT2D eigenvalue weighted by Crippen LogP contribution is -2.06. The number of rotatable bonds is 24. The van der Waals surface area contributed by atoms with Crippen LogP contribution in [0.2, 0.25) is 0 Å². The van der Waals surface area contributed by atoms with Crippen LogP contribution in [0.1, 0.15) is 73.6 Å². The van der Waals surface area contributed by atoms with Gasteiger partial charge in [-0.15, -0.1) is 0 Å². The first-order valence-electron chi connectivity index (χ1n) is 17.6. The van der Waals surface area contributed by atoms with E-state index in [2.05, 4.69) is 67.8 Å². The normalized spacial score (nSPS) is 11.3. The van der Waals surface area contributed by atoms with Crippen LogP contribution in [-0.4, -0.2) is 33.2 Å². The fraction of sp³-hybridized carbons (Fsp3) is 0.349. The lowest BCUT2D eigenvalue weighted by molar-refractivity contribution is 0.119. The second-order valence-corrected chi connectivity index (χ2v) is 12.3. The zero-order valence-corrected chi connectivity index (χ0v) is 28.7. The Labute approximate surface area is 292 Å². The number of unbranched alkanes of at least 4 members (excludes halogenated alkanes) is 6. The molecule has 5 rings (SSSR count). The van der Waals surface area contributed by atoms with Crippen molar-refractivity contribution in [3.8, 4) is 34.1 Å². The SMILES string of the molecule is C=COCCCCCCOc1ccc(Cc2ccc3c(c2)Cc2cc(OCOc4ccc(OCCCCCCOC=C)cc4)ccc2-3)cc1. The predicted octanol–water partition coefficient (Wildman–Crippen LogP) is 10.5. The summed E-state index contributed by atoms with van der Waals surface area (Å²) in [6, 6.07) is 29.4. The van der Waals surface area contributed by atoms with Gasteiger partial charge in [-0.2, -0.15) is 0 Å². The van der Waals surface area contributed by atoms with Crippen LogP contribution in [-0.2, 0) is 22.3 Å². The lowest BCUT2D eigenvalue weighted by atomic mass is 9.99. The van der Waals surface area contributed by atoms with E-state index < -0.39 is 0 Å². The van der Waals surface area contributed by atoms with E-state index >= 15 is 0 Å². The Morgan fingerprint density at radius 2 is 0.898 bits per heavy atom. The Kier molecular flexibility index (Phi) is 14.4. The summed E-state index contributed by atoms with van der Waals surface area (Å²) in [4.78, 5) is 0. The number of ether oxygens (including phenoxy) is 6. The van der Waals surface area contributed by atoms with Gasteiger partial charge in [0.1, 0.15) is 23.0 Å². The summed E-state index contributed by atoms with van der Waals surface area (Å²) in [5.41, 5.74) is 7.81. The Bertz CT molecular complexity index is 1580.